The van der Waals surface area contributed by atoms with Crippen LogP contribution < -0.4 is 0 Å². The quantitative estimate of drug-likeness (QED) is 0.738. The summed E-state index contributed by atoms with van der Waals surface area (Å²) >= 11 is 1.59. The van der Waals surface area contributed by atoms with E-state index in [1.165, 1.54) is 0 Å². The largest absolute Gasteiger partial charge is 0.377 e. The first kappa shape index (κ1) is 19.7. The first-order valence-electron chi connectivity index (χ1n) is 9.25. The number of Topliss-reactive ketones (excluding diaryl/α,β-unsaturated/α-hetero) is 1. The zero-order valence-electron chi connectivity index (χ0n) is 16.1. The Morgan fingerprint density at radius 3 is 2.67 bits per heavy atom. The van der Waals surface area contributed by atoms with Gasteiger partial charge in [-0.15, -0.1) is 11.3 Å². The summed E-state index contributed by atoms with van der Waals surface area (Å²) in [5, 5.41) is 2.99. The van der Waals surface area contributed by atoms with Crippen molar-refractivity contribution in [2.24, 2.45) is 0 Å². The molecular weight excluding hydrogens is 360 g/mol. The predicted molar refractivity (Wildman–Crippen MR) is 106 cm³/mol. The van der Waals surface area contributed by atoms with E-state index in [4.69, 9.17) is 4.74 Å². The zero-order chi connectivity index (χ0) is 19.4. The van der Waals surface area contributed by atoms with Crippen molar-refractivity contribution >= 4 is 23.0 Å². The summed E-state index contributed by atoms with van der Waals surface area (Å²) in [6.45, 7) is 7.77. The molecule has 1 fully saturated rings. The fraction of sp³-hybridized carbons (Fsp3) is 0.476. The summed E-state index contributed by atoms with van der Waals surface area (Å²) in [5.41, 5.74) is 1.45. The number of nitrogens with zero attached hydrogens (tertiary/aromatic N) is 2. The van der Waals surface area contributed by atoms with Crippen LogP contribution in [0.4, 0.5) is 0 Å². The van der Waals surface area contributed by atoms with E-state index < -0.39 is 0 Å². The Kier molecular flexibility index (Phi) is 6.07. The van der Waals surface area contributed by atoms with E-state index in [1.807, 2.05) is 35.7 Å². The van der Waals surface area contributed by atoms with Gasteiger partial charge in [-0.05, 0) is 0 Å². The van der Waals surface area contributed by atoms with E-state index in [9.17, 15) is 9.59 Å². The molecule has 6 heteroatoms. The highest BCUT2D eigenvalue weighted by atomic mass is 32.1. The predicted octanol–water partition coefficient (Wildman–Crippen LogP) is 3.48. The molecule has 1 aromatic heterocycles. The van der Waals surface area contributed by atoms with Crippen molar-refractivity contribution in [1.29, 1.82) is 0 Å². The highest BCUT2D eigenvalue weighted by molar-refractivity contribution is 7.09. The summed E-state index contributed by atoms with van der Waals surface area (Å²) in [7, 11) is 0. The maximum absolute atomic E-state index is 12.9. The summed E-state index contributed by atoms with van der Waals surface area (Å²) in [6.07, 6.45) is 0.544. The molecule has 1 aliphatic rings. The summed E-state index contributed by atoms with van der Waals surface area (Å²) < 4.78 is 5.54. The van der Waals surface area contributed by atoms with Crippen LogP contribution in [0.25, 0.3) is 0 Å². The highest BCUT2D eigenvalue weighted by Crippen LogP contribution is 2.26. The lowest BCUT2D eigenvalue weighted by atomic mass is 9.98. The van der Waals surface area contributed by atoms with Crippen molar-refractivity contribution in [3.05, 3.63) is 52.0 Å². The maximum Gasteiger partial charge on any atom is 0.229 e. The first-order valence-corrected chi connectivity index (χ1v) is 10.1. The van der Waals surface area contributed by atoms with Gasteiger partial charge in [0.25, 0.3) is 0 Å². The number of ether oxygens (including phenoxy) is 1. The van der Waals surface area contributed by atoms with Crippen LogP contribution in [0.5, 0.6) is 0 Å². The molecule has 0 spiro atoms. The number of amides is 1. The van der Waals surface area contributed by atoms with Crippen molar-refractivity contribution in [2.45, 2.75) is 45.1 Å². The molecule has 27 heavy (non-hydrogen) atoms. The maximum atomic E-state index is 12.9. The number of carbonyl (C=O) groups is 2. The van der Waals surface area contributed by atoms with Gasteiger partial charge in [-0.2, -0.15) is 0 Å². The third-order valence-corrected chi connectivity index (χ3v) is 5.91. The Hall–Kier alpha value is -2.05. The number of hydrogen-bond acceptors (Lipinski definition) is 5. The van der Waals surface area contributed by atoms with E-state index in [2.05, 4.69) is 25.8 Å². The molecule has 0 bridgehead atoms. The van der Waals surface area contributed by atoms with Gasteiger partial charge in [0.1, 0.15) is 0 Å². The Balaban J connectivity index is 1.66. The molecule has 3 rings (SSSR count). The van der Waals surface area contributed by atoms with Gasteiger partial charge in [0, 0.05) is 29.3 Å². The van der Waals surface area contributed by atoms with Crippen LogP contribution in [-0.4, -0.2) is 47.4 Å². The molecule has 0 radical (unpaired) electrons. The Morgan fingerprint density at radius 1 is 1.26 bits per heavy atom. The second-order valence-corrected chi connectivity index (χ2v) is 8.74. The molecule has 1 aliphatic heterocycles. The van der Waals surface area contributed by atoms with Gasteiger partial charge in [0.05, 0.1) is 36.4 Å². The Bertz CT molecular complexity index is 795. The minimum atomic E-state index is -0.223. The second kappa shape index (κ2) is 8.31. The van der Waals surface area contributed by atoms with Crippen LogP contribution in [0.1, 0.15) is 48.3 Å². The first-order chi connectivity index (χ1) is 12.8. The van der Waals surface area contributed by atoms with Gasteiger partial charge >= 0.3 is 0 Å². The normalized spacial score (nSPS) is 17.7. The fourth-order valence-electron chi connectivity index (χ4n) is 3.10. The number of aromatic nitrogens is 1. The SMILES string of the molecule is CC(C)(C)c1nc(CC(=O)N2CCOCC2CC(=O)c2ccccc2)cs1. The molecule has 144 valence electrons. The number of morpholine rings is 1. The van der Waals surface area contributed by atoms with Crippen LogP contribution in [0.3, 0.4) is 0 Å². The molecule has 1 unspecified atom stereocenters. The number of benzene rings is 1. The standard InChI is InChI=1S/C21H26N2O3S/c1-21(2,3)20-22-16(14-27-20)11-19(25)23-9-10-26-13-17(23)12-18(24)15-7-5-4-6-8-15/h4-8,14,17H,9-13H2,1-3H3. The highest BCUT2D eigenvalue weighted by Gasteiger charge is 2.30. The van der Waals surface area contributed by atoms with Crippen molar-refractivity contribution in [3.8, 4) is 0 Å². The summed E-state index contributed by atoms with van der Waals surface area (Å²) in [5.74, 6) is 0.0440. The van der Waals surface area contributed by atoms with Crippen molar-refractivity contribution in [1.82, 2.24) is 9.88 Å². The lowest BCUT2D eigenvalue weighted by Gasteiger charge is -2.35. The van der Waals surface area contributed by atoms with Crippen LogP contribution in [-0.2, 0) is 21.4 Å². The van der Waals surface area contributed by atoms with Crippen molar-refractivity contribution in [2.75, 3.05) is 19.8 Å². The molecule has 2 heterocycles. The lowest BCUT2D eigenvalue weighted by molar-refractivity contribution is -0.139. The van der Waals surface area contributed by atoms with Gasteiger partial charge < -0.3 is 9.64 Å². The fourth-order valence-corrected chi connectivity index (χ4v) is 4.00. The third kappa shape index (κ3) is 5.02. The molecule has 2 aromatic rings. The summed E-state index contributed by atoms with van der Waals surface area (Å²) in [6, 6.07) is 8.98. The topological polar surface area (TPSA) is 59.5 Å². The molecule has 1 atom stereocenters. The Morgan fingerprint density at radius 2 is 2.00 bits per heavy atom. The van der Waals surface area contributed by atoms with Crippen LogP contribution in [0.15, 0.2) is 35.7 Å². The minimum Gasteiger partial charge on any atom is -0.377 e. The molecule has 0 aliphatic carbocycles. The van der Waals surface area contributed by atoms with E-state index in [-0.39, 0.29) is 36.0 Å². The van der Waals surface area contributed by atoms with Crippen molar-refractivity contribution in [3.63, 3.8) is 0 Å². The minimum absolute atomic E-state index is 0.00919. The van der Waals surface area contributed by atoms with Crippen LogP contribution >= 0.6 is 11.3 Å². The van der Waals surface area contributed by atoms with Crippen LogP contribution in [0, 0.1) is 0 Å². The summed E-state index contributed by atoms with van der Waals surface area (Å²) in [4.78, 5) is 31.8. The monoisotopic (exact) mass is 386 g/mol. The number of carbonyl (C=O) groups excluding carboxylic acids is 2. The number of hydrogen-bond donors (Lipinski definition) is 0. The zero-order valence-corrected chi connectivity index (χ0v) is 16.9. The smallest absolute Gasteiger partial charge is 0.229 e. The molecule has 1 amide bonds. The van der Waals surface area contributed by atoms with Gasteiger partial charge in [0.2, 0.25) is 5.91 Å². The third-order valence-electron chi connectivity index (χ3n) is 4.59. The Labute approximate surface area is 164 Å². The van der Waals surface area contributed by atoms with E-state index in [0.717, 1.165) is 10.7 Å². The van der Waals surface area contributed by atoms with E-state index >= 15 is 0 Å². The van der Waals surface area contributed by atoms with Gasteiger partial charge in [-0.25, -0.2) is 4.98 Å². The number of rotatable bonds is 5. The molecule has 0 saturated carbocycles. The van der Waals surface area contributed by atoms with E-state index in [1.54, 1.807) is 16.2 Å². The molecule has 1 aromatic carbocycles. The molecular formula is C21H26N2O3S. The van der Waals surface area contributed by atoms with Gasteiger partial charge in [-0.3, -0.25) is 9.59 Å². The average Bonchev–Trinajstić information content (AvgIpc) is 3.12. The lowest BCUT2D eigenvalue weighted by Crippen LogP contribution is -2.50. The number of ketones is 1. The number of thiazole rings is 1. The molecule has 1 saturated heterocycles. The van der Waals surface area contributed by atoms with Gasteiger partial charge in [-0.1, -0.05) is 51.1 Å². The molecule has 5 nitrogen and oxygen atoms in total. The van der Waals surface area contributed by atoms with Crippen LogP contribution in [0.2, 0.25) is 0 Å². The second-order valence-electron chi connectivity index (χ2n) is 7.88. The van der Waals surface area contributed by atoms with Gasteiger partial charge in [0.15, 0.2) is 5.78 Å². The molecule has 0 N–H and O–H groups in total. The van der Waals surface area contributed by atoms with Crippen molar-refractivity contribution < 1.29 is 14.3 Å². The average molecular weight is 387 g/mol. The van der Waals surface area contributed by atoms with E-state index in [0.29, 0.717) is 25.3 Å².